The van der Waals surface area contributed by atoms with Gasteiger partial charge in [-0.3, -0.25) is 0 Å². The zero-order valence-electron chi connectivity index (χ0n) is 10.2. The van der Waals surface area contributed by atoms with Crippen LogP contribution in [0.5, 0.6) is 5.75 Å². The fraction of sp³-hybridized carbons (Fsp3) is 0.500. The van der Waals surface area contributed by atoms with Crippen LogP contribution < -0.4 is 4.74 Å². The van der Waals surface area contributed by atoms with Gasteiger partial charge in [0, 0.05) is 0 Å². The molecule has 17 heavy (non-hydrogen) atoms. The zero-order chi connectivity index (χ0) is 12.1. The van der Waals surface area contributed by atoms with Gasteiger partial charge in [-0.05, 0) is 51.0 Å². The van der Waals surface area contributed by atoms with Gasteiger partial charge in [0.25, 0.3) is 0 Å². The minimum Gasteiger partial charge on any atom is -0.492 e. The van der Waals surface area contributed by atoms with Gasteiger partial charge in [0.15, 0.2) is 0 Å². The maximum absolute atomic E-state index is 8.95. The summed E-state index contributed by atoms with van der Waals surface area (Å²) < 4.78 is 5.76. The number of piperidine rings is 1. The summed E-state index contributed by atoms with van der Waals surface area (Å²) in [6, 6.07) is 9.59. The quantitative estimate of drug-likeness (QED) is 0.799. The van der Waals surface area contributed by atoms with Crippen LogP contribution in [0.25, 0.3) is 0 Å². The molecule has 2 rings (SSSR count). The molecule has 0 aliphatic carbocycles. The first-order chi connectivity index (χ1) is 8.29. The van der Waals surface area contributed by atoms with Crippen LogP contribution in [0.15, 0.2) is 24.3 Å². The fourth-order valence-corrected chi connectivity index (χ4v) is 2.12. The highest BCUT2D eigenvalue weighted by molar-refractivity contribution is 5.42. The van der Waals surface area contributed by atoms with Gasteiger partial charge in [-0.25, -0.2) is 0 Å². The van der Waals surface area contributed by atoms with Gasteiger partial charge >= 0.3 is 0 Å². The van der Waals surface area contributed by atoms with Crippen LogP contribution >= 0.6 is 0 Å². The smallest absolute Gasteiger partial charge is 0.137 e. The lowest BCUT2D eigenvalue weighted by molar-refractivity contribution is 0.160. The van der Waals surface area contributed by atoms with E-state index in [0.717, 1.165) is 19.7 Å². The van der Waals surface area contributed by atoms with Gasteiger partial charge < -0.3 is 9.64 Å². The average Bonchev–Trinajstić information content (AvgIpc) is 2.38. The summed E-state index contributed by atoms with van der Waals surface area (Å²) in [5.41, 5.74) is 0.625. The van der Waals surface area contributed by atoms with Gasteiger partial charge in [0.1, 0.15) is 11.8 Å². The highest BCUT2D eigenvalue weighted by Gasteiger charge is 2.17. The predicted octanol–water partition coefficient (Wildman–Crippen LogP) is 2.28. The third kappa shape index (κ3) is 3.21. The van der Waals surface area contributed by atoms with E-state index in [4.69, 9.17) is 10.00 Å². The second kappa shape index (κ2) is 5.70. The Balaban J connectivity index is 1.88. The third-order valence-electron chi connectivity index (χ3n) is 3.32. The SMILES string of the molecule is CN1CCC(COc2ccccc2C#N)CC1. The highest BCUT2D eigenvalue weighted by Crippen LogP contribution is 2.21. The lowest BCUT2D eigenvalue weighted by Gasteiger charge is -2.28. The molecular formula is C14H18N2O. The average molecular weight is 230 g/mol. The summed E-state index contributed by atoms with van der Waals surface area (Å²) in [6.45, 7) is 3.02. The Kier molecular flexibility index (Phi) is 4.00. The molecule has 0 bridgehead atoms. The Bertz CT molecular complexity index is 403. The van der Waals surface area contributed by atoms with E-state index in [-0.39, 0.29) is 0 Å². The summed E-state index contributed by atoms with van der Waals surface area (Å²) in [5, 5.41) is 8.95. The first kappa shape index (κ1) is 11.9. The van der Waals surface area contributed by atoms with Gasteiger partial charge in [-0.1, -0.05) is 12.1 Å². The second-order valence-corrected chi connectivity index (χ2v) is 4.67. The first-order valence-corrected chi connectivity index (χ1v) is 6.10. The van der Waals surface area contributed by atoms with Gasteiger partial charge in [0.05, 0.1) is 12.2 Å². The molecule has 1 fully saturated rings. The van der Waals surface area contributed by atoms with Crippen molar-refractivity contribution in [2.24, 2.45) is 5.92 Å². The highest BCUT2D eigenvalue weighted by atomic mass is 16.5. The van der Waals surface area contributed by atoms with E-state index in [1.807, 2.05) is 18.2 Å². The maximum Gasteiger partial charge on any atom is 0.137 e. The molecule has 0 amide bonds. The molecule has 0 spiro atoms. The van der Waals surface area contributed by atoms with Crippen LogP contribution in [0, 0.1) is 17.2 Å². The summed E-state index contributed by atoms with van der Waals surface area (Å²) in [4.78, 5) is 2.35. The van der Waals surface area contributed by atoms with Crippen LogP contribution in [0.1, 0.15) is 18.4 Å². The van der Waals surface area contributed by atoms with Crippen molar-refractivity contribution in [3.63, 3.8) is 0 Å². The second-order valence-electron chi connectivity index (χ2n) is 4.67. The number of nitrogens with zero attached hydrogens (tertiary/aromatic N) is 2. The fourth-order valence-electron chi connectivity index (χ4n) is 2.12. The van der Waals surface area contributed by atoms with Crippen molar-refractivity contribution >= 4 is 0 Å². The van der Waals surface area contributed by atoms with Crippen LogP contribution in [-0.2, 0) is 0 Å². The number of para-hydroxylation sites is 1. The van der Waals surface area contributed by atoms with E-state index in [2.05, 4.69) is 18.0 Å². The molecule has 3 heteroatoms. The molecule has 1 heterocycles. The zero-order valence-corrected chi connectivity index (χ0v) is 10.2. The van der Waals surface area contributed by atoms with E-state index >= 15 is 0 Å². The Morgan fingerprint density at radius 1 is 1.35 bits per heavy atom. The van der Waals surface area contributed by atoms with Crippen LogP contribution in [0.4, 0.5) is 0 Å². The molecule has 3 nitrogen and oxygen atoms in total. The molecule has 1 saturated heterocycles. The van der Waals surface area contributed by atoms with Crippen molar-refractivity contribution in [3.05, 3.63) is 29.8 Å². The molecule has 90 valence electrons. The molecule has 1 aliphatic rings. The van der Waals surface area contributed by atoms with Crippen molar-refractivity contribution in [2.45, 2.75) is 12.8 Å². The van der Waals surface area contributed by atoms with Crippen molar-refractivity contribution in [3.8, 4) is 11.8 Å². The Labute approximate surface area is 103 Å². The molecule has 0 unspecified atom stereocenters. The monoisotopic (exact) mass is 230 g/mol. The largest absolute Gasteiger partial charge is 0.492 e. The molecule has 0 saturated carbocycles. The number of ether oxygens (including phenoxy) is 1. The van der Waals surface area contributed by atoms with E-state index in [1.54, 1.807) is 6.07 Å². The molecule has 0 atom stereocenters. The number of rotatable bonds is 3. The maximum atomic E-state index is 8.95. The normalized spacial score (nSPS) is 17.6. The molecule has 1 aliphatic heterocycles. The minimum absolute atomic E-state index is 0.623. The first-order valence-electron chi connectivity index (χ1n) is 6.10. The number of hydrogen-bond acceptors (Lipinski definition) is 3. The van der Waals surface area contributed by atoms with Crippen molar-refractivity contribution in [1.82, 2.24) is 4.90 Å². The van der Waals surface area contributed by atoms with E-state index in [9.17, 15) is 0 Å². The lowest BCUT2D eigenvalue weighted by atomic mass is 9.98. The van der Waals surface area contributed by atoms with Gasteiger partial charge in [0.2, 0.25) is 0 Å². The van der Waals surface area contributed by atoms with Crippen molar-refractivity contribution in [2.75, 3.05) is 26.7 Å². The van der Waals surface area contributed by atoms with Crippen LogP contribution in [-0.4, -0.2) is 31.6 Å². The van der Waals surface area contributed by atoms with Crippen molar-refractivity contribution in [1.29, 1.82) is 5.26 Å². The summed E-state index contributed by atoms with van der Waals surface area (Å²) >= 11 is 0. The Hall–Kier alpha value is -1.53. The lowest BCUT2D eigenvalue weighted by Crippen LogP contribution is -2.32. The van der Waals surface area contributed by atoms with E-state index in [0.29, 0.717) is 17.2 Å². The number of benzene rings is 1. The number of likely N-dealkylation sites (tertiary alicyclic amines) is 1. The van der Waals surface area contributed by atoms with Gasteiger partial charge in [-0.2, -0.15) is 5.26 Å². The Morgan fingerprint density at radius 2 is 2.06 bits per heavy atom. The molecule has 0 N–H and O–H groups in total. The third-order valence-corrected chi connectivity index (χ3v) is 3.32. The Morgan fingerprint density at radius 3 is 2.76 bits per heavy atom. The van der Waals surface area contributed by atoms with E-state index < -0.39 is 0 Å². The number of nitriles is 1. The number of hydrogen-bond donors (Lipinski definition) is 0. The molecule has 1 aromatic rings. The summed E-state index contributed by atoms with van der Waals surface area (Å²) in [6.07, 6.45) is 2.37. The van der Waals surface area contributed by atoms with Crippen molar-refractivity contribution < 1.29 is 4.74 Å². The van der Waals surface area contributed by atoms with Gasteiger partial charge in [-0.15, -0.1) is 0 Å². The van der Waals surface area contributed by atoms with Crippen LogP contribution in [0.3, 0.4) is 0 Å². The molecule has 0 aromatic heterocycles. The summed E-state index contributed by atoms with van der Waals surface area (Å²) in [7, 11) is 2.15. The molecule has 0 radical (unpaired) electrons. The predicted molar refractivity (Wildman–Crippen MR) is 66.9 cm³/mol. The summed E-state index contributed by atoms with van der Waals surface area (Å²) in [5.74, 6) is 1.34. The standard InChI is InChI=1S/C14H18N2O/c1-16-8-6-12(7-9-16)11-17-14-5-3-2-4-13(14)10-15/h2-5,12H,6-9,11H2,1H3. The minimum atomic E-state index is 0.623. The van der Waals surface area contributed by atoms with Crippen LogP contribution in [0.2, 0.25) is 0 Å². The topological polar surface area (TPSA) is 36.3 Å². The van der Waals surface area contributed by atoms with E-state index in [1.165, 1.54) is 12.8 Å². The molecular weight excluding hydrogens is 212 g/mol. The molecule has 1 aromatic carbocycles.